The average Bonchev–Trinajstić information content (AvgIpc) is 2.53. The van der Waals surface area contributed by atoms with Crippen LogP contribution in [0.3, 0.4) is 0 Å². The zero-order valence-electron chi connectivity index (χ0n) is 16.4. The summed E-state index contributed by atoms with van der Waals surface area (Å²) in [6, 6.07) is 11.5. The number of aryl methyl sites for hydroxylation is 1. The SMILES string of the molecule is Cc1cc(NC(C)C)ccc1/C=C/c1ccc(NC(C)C)cc1S(=O)(=O)O. The fraction of sp³-hybridized carbons (Fsp3) is 0.333. The Hall–Kier alpha value is -2.31. The third-order valence-electron chi connectivity index (χ3n) is 3.91. The van der Waals surface area contributed by atoms with Gasteiger partial charge in [-0.15, -0.1) is 0 Å². The van der Waals surface area contributed by atoms with Crippen molar-refractivity contribution in [3.63, 3.8) is 0 Å². The zero-order valence-corrected chi connectivity index (χ0v) is 17.3. The van der Waals surface area contributed by atoms with E-state index >= 15 is 0 Å². The summed E-state index contributed by atoms with van der Waals surface area (Å²) in [5.41, 5.74) is 4.19. The van der Waals surface area contributed by atoms with E-state index in [0.717, 1.165) is 16.8 Å². The van der Waals surface area contributed by atoms with E-state index in [1.807, 2.05) is 39.0 Å². The Bertz CT molecular complexity index is 932. The van der Waals surface area contributed by atoms with Crippen molar-refractivity contribution >= 4 is 33.6 Å². The molecule has 0 saturated heterocycles. The van der Waals surface area contributed by atoms with Gasteiger partial charge in [-0.3, -0.25) is 4.55 Å². The Balaban J connectivity index is 2.36. The molecular weight excluding hydrogens is 360 g/mol. The van der Waals surface area contributed by atoms with Crippen LogP contribution in [0.25, 0.3) is 12.2 Å². The topological polar surface area (TPSA) is 78.4 Å². The Morgan fingerprint density at radius 1 is 0.852 bits per heavy atom. The third kappa shape index (κ3) is 6.12. The highest BCUT2D eigenvalue weighted by molar-refractivity contribution is 7.86. The summed E-state index contributed by atoms with van der Waals surface area (Å²) >= 11 is 0. The molecular formula is C21H28N2O3S. The van der Waals surface area contributed by atoms with E-state index < -0.39 is 10.1 Å². The van der Waals surface area contributed by atoms with E-state index in [-0.39, 0.29) is 10.9 Å². The van der Waals surface area contributed by atoms with E-state index in [2.05, 4.69) is 30.5 Å². The molecule has 0 amide bonds. The van der Waals surface area contributed by atoms with Crippen LogP contribution < -0.4 is 10.6 Å². The van der Waals surface area contributed by atoms with E-state index in [4.69, 9.17) is 0 Å². The lowest BCUT2D eigenvalue weighted by molar-refractivity contribution is 0.483. The van der Waals surface area contributed by atoms with Gasteiger partial charge in [0.05, 0.1) is 0 Å². The van der Waals surface area contributed by atoms with Crippen molar-refractivity contribution in [3.8, 4) is 0 Å². The van der Waals surface area contributed by atoms with E-state index in [1.165, 1.54) is 6.07 Å². The number of hydrogen-bond acceptors (Lipinski definition) is 4. The molecule has 0 radical (unpaired) electrons. The van der Waals surface area contributed by atoms with Gasteiger partial charge in [-0.1, -0.05) is 24.3 Å². The molecule has 0 fully saturated rings. The van der Waals surface area contributed by atoms with Gasteiger partial charge in [-0.05, 0) is 75.6 Å². The third-order valence-corrected chi connectivity index (χ3v) is 4.82. The summed E-state index contributed by atoms with van der Waals surface area (Å²) in [7, 11) is -4.33. The molecule has 2 rings (SSSR count). The quantitative estimate of drug-likeness (QED) is 0.457. The maximum absolute atomic E-state index is 11.8. The van der Waals surface area contributed by atoms with Crippen LogP contribution in [0.2, 0.25) is 0 Å². The minimum Gasteiger partial charge on any atom is -0.383 e. The Labute approximate surface area is 162 Å². The van der Waals surface area contributed by atoms with Crippen LogP contribution in [0.1, 0.15) is 44.4 Å². The molecule has 0 aliphatic heterocycles. The molecule has 0 spiro atoms. The molecule has 0 heterocycles. The summed E-state index contributed by atoms with van der Waals surface area (Å²) in [6.07, 6.45) is 3.56. The molecule has 0 aliphatic carbocycles. The Kier molecular flexibility index (Phi) is 6.68. The molecule has 3 N–H and O–H groups in total. The second-order valence-electron chi connectivity index (χ2n) is 7.23. The summed E-state index contributed by atoms with van der Waals surface area (Å²) in [4.78, 5) is -0.111. The van der Waals surface area contributed by atoms with Crippen molar-refractivity contribution in [2.75, 3.05) is 10.6 Å². The van der Waals surface area contributed by atoms with Gasteiger partial charge >= 0.3 is 0 Å². The minimum absolute atomic E-state index is 0.111. The molecule has 0 atom stereocenters. The maximum atomic E-state index is 11.8. The first kappa shape index (κ1) is 21.0. The fourth-order valence-electron chi connectivity index (χ4n) is 2.78. The molecule has 0 bridgehead atoms. The van der Waals surface area contributed by atoms with Gasteiger partial charge in [0, 0.05) is 23.5 Å². The first-order chi connectivity index (χ1) is 12.6. The predicted molar refractivity (Wildman–Crippen MR) is 114 cm³/mol. The second-order valence-corrected chi connectivity index (χ2v) is 8.62. The first-order valence-electron chi connectivity index (χ1n) is 8.99. The van der Waals surface area contributed by atoms with Crippen molar-refractivity contribution in [3.05, 3.63) is 53.1 Å². The first-order valence-corrected chi connectivity index (χ1v) is 10.4. The Morgan fingerprint density at radius 3 is 1.81 bits per heavy atom. The lowest BCUT2D eigenvalue weighted by atomic mass is 10.1. The van der Waals surface area contributed by atoms with Gasteiger partial charge in [-0.25, -0.2) is 0 Å². The van der Waals surface area contributed by atoms with Crippen LogP contribution in [-0.2, 0) is 10.1 Å². The highest BCUT2D eigenvalue weighted by atomic mass is 32.2. The molecule has 0 saturated carbocycles. The van der Waals surface area contributed by atoms with E-state index in [0.29, 0.717) is 17.3 Å². The summed E-state index contributed by atoms with van der Waals surface area (Å²) in [5, 5.41) is 6.50. The van der Waals surface area contributed by atoms with Gasteiger partial charge < -0.3 is 10.6 Å². The molecule has 0 aliphatic rings. The summed E-state index contributed by atoms with van der Waals surface area (Å²) < 4.78 is 33.2. The zero-order chi connectivity index (χ0) is 20.2. The van der Waals surface area contributed by atoms with Gasteiger partial charge in [-0.2, -0.15) is 8.42 Å². The molecule has 27 heavy (non-hydrogen) atoms. The summed E-state index contributed by atoms with van der Waals surface area (Å²) in [5.74, 6) is 0. The Morgan fingerprint density at radius 2 is 1.33 bits per heavy atom. The maximum Gasteiger partial charge on any atom is 0.295 e. The standard InChI is InChI=1S/C21H28N2O3S/c1-14(2)22-19-10-8-17(16(5)12-19)6-7-18-9-11-20(23-15(3)4)13-21(18)27(24,25)26/h6-15,22-23H,1-5H3,(H,24,25,26)/b7-6+. The highest BCUT2D eigenvalue weighted by Crippen LogP contribution is 2.24. The van der Waals surface area contributed by atoms with E-state index in [1.54, 1.807) is 18.2 Å². The van der Waals surface area contributed by atoms with Crippen LogP contribution in [-0.4, -0.2) is 25.1 Å². The number of anilines is 2. The van der Waals surface area contributed by atoms with Gasteiger partial charge in [0.1, 0.15) is 4.90 Å². The van der Waals surface area contributed by atoms with Crippen molar-refractivity contribution in [2.24, 2.45) is 0 Å². The van der Waals surface area contributed by atoms with Crippen molar-refractivity contribution in [1.82, 2.24) is 0 Å². The van der Waals surface area contributed by atoms with Gasteiger partial charge in [0.2, 0.25) is 0 Å². The monoisotopic (exact) mass is 388 g/mol. The van der Waals surface area contributed by atoms with Crippen molar-refractivity contribution in [2.45, 2.75) is 51.6 Å². The molecule has 2 aromatic rings. The highest BCUT2D eigenvalue weighted by Gasteiger charge is 2.15. The smallest absolute Gasteiger partial charge is 0.295 e. The van der Waals surface area contributed by atoms with Crippen LogP contribution in [0.5, 0.6) is 0 Å². The second kappa shape index (κ2) is 8.59. The molecule has 0 unspecified atom stereocenters. The van der Waals surface area contributed by atoms with E-state index in [9.17, 15) is 13.0 Å². The van der Waals surface area contributed by atoms with Gasteiger partial charge in [0.25, 0.3) is 10.1 Å². The number of benzene rings is 2. The largest absolute Gasteiger partial charge is 0.383 e. The minimum atomic E-state index is -4.33. The number of nitrogens with one attached hydrogen (secondary N) is 2. The van der Waals surface area contributed by atoms with Crippen LogP contribution in [0.4, 0.5) is 11.4 Å². The lowest BCUT2D eigenvalue weighted by Gasteiger charge is -2.13. The predicted octanol–water partition coefficient (Wildman–Crippen LogP) is 5.05. The lowest BCUT2D eigenvalue weighted by Crippen LogP contribution is -2.11. The van der Waals surface area contributed by atoms with Crippen LogP contribution in [0.15, 0.2) is 41.3 Å². The van der Waals surface area contributed by atoms with Crippen molar-refractivity contribution < 1.29 is 13.0 Å². The number of hydrogen-bond donors (Lipinski definition) is 3. The van der Waals surface area contributed by atoms with Crippen LogP contribution >= 0.6 is 0 Å². The molecule has 6 heteroatoms. The van der Waals surface area contributed by atoms with Crippen molar-refractivity contribution in [1.29, 1.82) is 0 Å². The molecule has 146 valence electrons. The molecule has 0 aromatic heterocycles. The summed E-state index contributed by atoms with van der Waals surface area (Å²) in [6.45, 7) is 10.1. The number of rotatable bonds is 7. The average molecular weight is 389 g/mol. The normalized spacial score (nSPS) is 12.1. The fourth-order valence-corrected chi connectivity index (χ4v) is 3.49. The molecule has 2 aromatic carbocycles. The molecule has 5 nitrogen and oxygen atoms in total. The van der Waals surface area contributed by atoms with Gasteiger partial charge in [0.15, 0.2) is 0 Å². The van der Waals surface area contributed by atoms with Crippen LogP contribution in [0, 0.1) is 6.92 Å².